The van der Waals surface area contributed by atoms with Crippen LogP contribution in [0.4, 0.5) is 26.7 Å². The lowest BCUT2D eigenvalue weighted by molar-refractivity contribution is -0.204. The van der Waals surface area contributed by atoms with Crippen LogP contribution >= 0.6 is 11.6 Å². The third-order valence-corrected chi connectivity index (χ3v) is 9.06. The van der Waals surface area contributed by atoms with Gasteiger partial charge >= 0.3 is 18.8 Å². The van der Waals surface area contributed by atoms with Crippen molar-refractivity contribution in [3.8, 4) is 22.5 Å². The molecule has 12 nitrogen and oxygen atoms in total. The molecule has 1 saturated heterocycles. The largest absolute Gasteiger partial charge is 0.447 e. The third kappa shape index (κ3) is 7.11. The number of nitrogens with two attached hydrogens (primary N) is 1. The van der Waals surface area contributed by atoms with Gasteiger partial charge in [-0.3, -0.25) is 14.8 Å². The number of carbonyl (C=O) groups is 2. The van der Waals surface area contributed by atoms with Crippen LogP contribution in [0.15, 0.2) is 66.2 Å². The summed E-state index contributed by atoms with van der Waals surface area (Å²) in [7, 11) is 0. The summed E-state index contributed by atoms with van der Waals surface area (Å²) in [5, 5.41) is 10.6. The minimum atomic E-state index is -4.45. The zero-order valence-electron chi connectivity index (χ0n) is 27.5. The molecule has 18 heteroatoms. The van der Waals surface area contributed by atoms with Crippen molar-refractivity contribution in [2.24, 2.45) is 22.1 Å². The SMILES string of the molecule is CC(C)(C)C[C@]1(c2ccc(-c3cnn(C(F)F)c3)cc2)N=C(N)N([C@H](COC(=O)N2CC(C(F)(F)F)C2)c2ccc(Cl)c(-c3ncn[nH]3)c2)C1=O. The van der Waals surface area contributed by atoms with Crippen LogP contribution in [-0.4, -0.2) is 78.6 Å². The molecule has 2 aliphatic heterocycles. The molecule has 51 heavy (non-hydrogen) atoms. The van der Waals surface area contributed by atoms with E-state index in [1.54, 1.807) is 42.5 Å². The quantitative estimate of drug-likeness (QED) is 0.186. The number of guanidine groups is 1. The van der Waals surface area contributed by atoms with E-state index in [1.165, 1.54) is 23.6 Å². The predicted molar refractivity (Wildman–Crippen MR) is 175 cm³/mol. The zero-order chi connectivity index (χ0) is 36.9. The zero-order valence-corrected chi connectivity index (χ0v) is 28.3. The molecule has 2 atom stereocenters. The van der Waals surface area contributed by atoms with E-state index in [9.17, 15) is 31.5 Å². The number of carbonyl (C=O) groups excluding carboxylic acids is 2. The molecule has 4 heterocycles. The number of hydrogen-bond donors (Lipinski definition) is 2. The van der Waals surface area contributed by atoms with Crippen LogP contribution in [0.1, 0.15) is 50.9 Å². The maximum absolute atomic E-state index is 14.8. The lowest BCUT2D eigenvalue weighted by Gasteiger charge is -2.39. The predicted octanol–water partition coefficient (Wildman–Crippen LogP) is 6.54. The van der Waals surface area contributed by atoms with Gasteiger partial charge in [0.05, 0.1) is 23.2 Å². The minimum Gasteiger partial charge on any atom is -0.447 e. The van der Waals surface area contributed by atoms with Gasteiger partial charge in [0.2, 0.25) is 0 Å². The normalized spacial score (nSPS) is 19.0. The third-order valence-electron chi connectivity index (χ3n) is 8.73. The molecule has 0 radical (unpaired) electrons. The van der Waals surface area contributed by atoms with Gasteiger partial charge in [0.25, 0.3) is 5.91 Å². The van der Waals surface area contributed by atoms with Gasteiger partial charge in [-0.1, -0.05) is 62.7 Å². The van der Waals surface area contributed by atoms with Crippen molar-refractivity contribution < 1.29 is 36.3 Å². The molecule has 6 rings (SSSR count). The topological polar surface area (TPSA) is 148 Å². The number of ether oxygens (including phenoxy) is 1. The molecule has 2 amide bonds. The first kappa shape index (κ1) is 35.8. The summed E-state index contributed by atoms with van der Waals surface area (Å²) >= 11 is 6.48. The molecule has 4 aromatic rings. The molecular weight excluding hydrogens is 701 g/mol. The lowest BCUT2D eigenvalue weighted by atomic mass is 9.75. The Balaban J connectivity index is 1.36. The Morgan fingerprint density at radius 3 is 2.41 bits per heavy atom. The summed E-state index contributed by atoms with van der Waals surface area (Å²) in [5.74, 6) is -2.09. The molecule has 2 aromatic heterocycles. The standard InChI is InChI=1S/C33H33ClF5N9O3/c1-31(2,3)16-32(21-7-4-18(5-8-21)20-11-43-47(12-20)28(35)36)27(49)48(29(40)44-32)25(15-51-30(50)46-13-22(14-46)33(37,38)39)19-6-9-24(34)23(10-19)26-41-17-42-45-26/h4-12,17,22,25,28H,13-16H2,1-3H3,(H2,40,44)(H,41,42,45)/t25-,32-/m1/s1. The number of hydrogen-bond acceptors (Lipinski definition) is 8. The first-order chi connectivity index (χ1) is 24.0. The Hall–Kier alpha value is -5.06. The molecule has 1 fully saturated rings. The first-order valence-electron chi connectivity index (χ1n) is 15.7. The van der Waals surface area contributed by atoms with Crippen molar-refractivity contribution in [3.05, 3.63) is 77.3 Å². The molecule has 0 aliphatic carbocycles. The van der Waals surface area contributed by atoms with Crippen LogP contribution in [0.5, 0.6) is 0 Å². The summed E-state index contributed by atoms with van der Waals surface area (Å²) in [6.45, 7) is 1.36. The van der Waals surface area contributed by atoms with Crippen LogP contribution in [0, 0.1) is 11.3 Å². The van der Waals surface area contributed by atoms with E-state index in [4.69, 9.17) is 27.1 Å². The number of amides is 2. The van der Waals surface area contributed by atoms with Crippen LogP contribution in [0.2, 0.25) is 5.02 Å². The number of benzene rings is 2. The molecular formula is C33H33ClF5N9O3. The number of aliphatic imine (C=N–C) groups is 1. The maximum atomic E-state index is 14.8. The maximum Gasteiger partial charge on any atom is 0.409 e. The van der Waals surface area contributed by atoms with E-state index in [1.807, 2.05) is 20.8 Å². The Morgan fingerprint density at radius 1 is 1.12 bits per heavy atom. The van der Waals surface area contributed by atoms with E-state index in [-0.39, 0.29) is 12.4 Å². The average molecular weight is 734 g/mol. The molecule has 270 valence electrons. The van der Waals surface area contributed by atoms with Gasteiger partial charge < -0.3 is 15.4 Å². The number of H-pyrrole nitrogens is 1. The van der Waals surface area contributed by atoms with E-state index in [0.29, 0.717) is 43.3 Å². The van der Waals surface area contributed by atoms with Crippen molar-refractivity contribution >= 4 is 29.6 Å². The smallest absolute Gasteiger partial charge is 0.409 e. The highest BCUT2D eigenvalue weighted by Crippen LogP contribution is 2.45. The molecule has 2 aliphatic rings. The van der Waals surface area contributed by atoms with Crippen molar-refractivity contribution in [3.63, 3.8) is 0 Å². The number of alkyl halides is 5. The summed E-state index contributed by atoms with van der Waals surface area (Å²) in [4.78, 5) is 38.8. The van der Waals surface area contributed by atoms with Crippen LogP contribution in [0.3, 0.4) is 0 Å². The number of rotatable bonds is 9. The van der Waals surface area contributed by atoms with Crippen molar-refractivity contribution in [2.45, 2.75) is 51.5 Å². The minimum absolute atomic E-state index is 0.182. The van der Waals surface area contributed by atoms with Gasteiger partial charge in [-0.2, -0.15) is 32.1 Å². The fourth-order valence-corrected chi connectivity index (χ4v) is 6.48. The molecule has 0 saturated carbocycles. The van der Waals surface area contributed by atoms with Gasteiger partial charge in [0, 0.05) is 30.4 Å². The summed E-state index contributed by atoms with van der Waals surface area (Å²) in [6.07, 6.45) is -1.46. The number of nitrogens with zero attached hydrogens (tertiary/aromatic N) is 7. The van der Waals surface area contributed by atoms with E-state index in [2.05, 4.69) is 20.3 Å². The number of halogens is 6. The van der Waals surface area contributed by atoms with Crippen molar-refractivity contribution in [1.82, 2.24) is 34.8 Å². The van der Waals surface area contributed by atoms with Gasteiger partial charge in [-0.05, 0) is 40.7 Å². The van der Waals surface area contributed by atoms with Crippen LogP contribution in [-0.2, 0) is 15.1 Å². The fraction of sp³-hybridized carbons (Fsp3) is 0.394. The van der Waals surface area contributed by atoms with Gasteiger partial charge in [0.15, 0.2) is 17.3 Å². The van der Waals surface area contributed by atoms with Crippen molar-refractivity contribution in [2.75, 3.05) is 19.7 Å². The average Bonchev–Trinajstić information content (AvgIpc) is 3.78. The van der Waals surface area contributed by atoms with E-state index < -0.39 is 67.3 Å². The number of aromatic amines is 1. The second-order valence-electron chi connectivity index (χ2n) is 13.6. The summed E-state index contributed by atoms with van der Waals surface area (Å²) in [5.41, 5.74) is 6.80. The van der Waals surface area contributed by atoms with Crippen molar-refractivity contribution in [1.29, 1.82) is 0 Å². The lowest BCUT2D eigenvalue weighted by Crippen LogP contribution is -2.56. The van der Waals surface area contributed by atoms with E-state index >= 15 is 0 Å². The second-order valence-corrected chi connectivity index (χ2v) is 14.0. The highest BCUT2D eigenvalue weighted by molar-refractivity contribution is 6.33. The van der Waals surface area contributed by atoms with Crippen LogP contribution in [0.25, 0.3) is 22.5 Å². The molecule has 2 aromatic carbocycles. The Kier molecular flexibility index (Phi) is 9.29. The molecule has 0 bridgehead atoms. The second kappa shape index (κ2) is 13.2. The molecule has 0 spiro atoms. The fourth-order valence-electron chi connectivity index (χ4n) is 6.27. The highest BCUT2D eigenvalue weighted by Gasteiger charge is 2.54. The Morgan fingerprint density at radius 2 is 1.82 bits per heavy atom. The number of nitrogens with one attached hydrogen (secondary N) is 1. The van der Waals surface area contributed by atoms with Gasteiger partial charge in [0.1, 0.15) is 12.9 Å². The monoisotopic (exact) mass is 733 g/mol. The van der Waals surface area contributed by atoms with E-state index in [0.717, 1.165) is 4.90 Å². The van der Waals surface area contributed by atoms with Gasteiger partial charge in [-0.25, -0.2) is 19.5 Å². The molecule has 3 N–H and O–H groups in total. The Bertz CT molecular complexity index is 1940. The summed E-state index contributed by atoms with van der Waals surface area (Å²) < 4.78 is 71.7. The Labute approximate surface area is 293 Å². The number of likely N-dealkylation sites (tertiary alicyclic amines) is 1. The first-order valence-corrected chi connectivity index (χ1v) is 16.1. The molecule has 0 unspecified atom stereocenters. The highest BCUT2D eigenvalue weighted by atomic mass is 35.5. The number of aromatic nitrogens is 5. The summed E-state index contributed by atoms with van der Waals surface area (Å²) in [6, 6.07) is 10.3. The van der Waals surface area contributed by atoms with Crippen LogP contribution < -0.4 is 5.73 Å². The van der Waals surface area contributed by atoms with Gasteiger partial charge in [-0.15, -0.1) is 0 Å².